The summed E-state index contributed by atoms with van der Waals surface area (Å²) in [6.45, 7) is 3.86. The van der Waals surface area contributed by atoms with Crippen LogP contribution < -0.4 is 5.32 Å². The Labute approximate surface area is 115 Å². The van der Waals surface area contributed by atoms with Crippen molar-refractivity contribution in [2.75, 3.05) is 14.1 Å². The molecule has 0 unspecified atom stereocenters. The number of likely N-dealkylation sites (N-methyl/N-ethyl adjacent to an activating group) is 1. The van der Waals surface area contributed by atoms with E-state index in [-0.39, 0.29) is 5.91 Å². The summed E-state index contributed by atoms with van der Waals surface area (Å²) in [5.41, 5.74) is 2.20. The summed E-state index contributed by atoms with van der Waals surface area (Å²) < 4.78 is 1.56. The molecule has 0 bridgehead atoms. The molecule has 1 rings (SSSR count). The van der Waals surface area contributed by atoms with Crippen molar-refractivity contribution >= 4 is 38.4 Å². The Morgan fingerprint density at radius 1 is 1.59 bits per heavy atom. The lowest BCUT2D eigenvalue weighted by Crippen LogP contribution is -2.27. The van der Waals surface area contributed by atoms with Crippen LogP contribution in [-0.2, 0) is 4.79 Å². The first-order valence-electron chi connectivity index (χ1n) is 5.07. The number of rotatable bonds is 2. The molecule has 0 saturated carbocycles. The Hall–Kier alpha value is -1.18. The second-order valence-corrected chi connectivity index (χ2v) is 4.13. The molecule has 0 aliphatic carbocycles. The van der Waals surface area contributed by atoms with Gasteiger partial charge in [0, 0.05) is 25.5 Å². The van der Waals surface area contributed by atoms with E-state index in [0.29, 0.717) is 11.5 Å². The van der Waals surface area contributed by atoms with Gasteiger partial charge >= 0.3 is 0 Å². The number of nitrogens with one attached hydrogen (secondary N) is 1. The molecule has 0 aromatic carbocycles. The van der Waals surface area contributed by atoms with Crippen LogP contribution >= 0.6 is 22.6 Å². The highest BCUT2D eigenvalue weighted by molar-refractivity contribution is 14.1. The van der Waals surface area contributed by atoms with Crippen LogP contribution in [0.15, 0.2) is 33.3 Å². The van der Waals surface area contributed by atoms with Crippen molar-refractivity contribution in [3.8, 4) is 0 Å². The summed E-state index contributed by atoms with van der Waals surface area (Å²) in [5, 5.41) is 2.57. The van der Waals surface area contributed by atoms with Gasteiger partial charge in [-0.1, -0.05) is 0 Å². The highest BCUT2D eigenvalue weighted by Gasteiger charge is 2.20. The first-order valence-corrected chi connectivity index (χ1v) is 6.32. The van der Waals surface area contributed by atoms with Gasteiger partial charge in [0.15, 0.2) is 11.5 Å². The smallest absolute Gasteiger partial charge is 0.273 e. The summed E-state index contributed by atoms with van der Waals surface area (Å²) >= 11 is 1.98. The molecule has 0 radical (unpaired) electrons. The Balaban J connectivity index is 3.34. The lowest BCUT2D eigenvalue weighted by atomic mass is 10.2. The van der Waals surface area contributed by atoms with Crippen molar-refractivity contribution in [3.63, 3.8) is 0 Å². The molecule has 5 nitrogen and oxygen atoms in total. The Kier molecular flexibility index (Phi) is 4.86. The first-order chi connectivity index (χ1) is 8.01. The minimum Gasteiger partial charge on any atom is -0.354 e. The van der Waals surface area contributed by atoms with Gasteiger partial charge in [-0.05, 0) is 42.5 Å². The predicted octanol–water partition coefficient (Wildman–Crippen LogP) is 1.67. The van der Waals surface area contributed by atoms with Crippen molar-refractivity contribution in [1.29, 1.82) is 0 Å². The zero-order valence-corrected chi connectivity index (χ0v) is 12.4. The van der Waals surface area contributed by atoms with E-state index < -0.39 is 0 Å². The van der Waals surface area contributed by atoms with Crippen LogP contribution in [0.4, 0.5) is 0 Å². The number of amides is 1. The number of hydrogen-bond donors (Lipinski definition) is 1. The molecule has 0 saturated heterocycles. The largest absolute Gasteiger partial charge is 0.354 e. The molecule has 0 spiro atoms. The Bertz CT molecular complexity index is 448. The number of carbonyl (C=O) groups excluding carboxylic acids is 1. The van der Waals surface area contributed by atoms with Crippen molar-refractivity contribution in [2.45, 2.75) is 13.8 Å². The monoisotopic (exact) mass is 346 g/mol. The summed E-state index contributed by atoms with van der Waals surface area (Å²) in [6, 6.07) is 0. The number of carbonyl (C=O) groups is 1. The van der Waals surface area contributed by atoms with Gasteiger partial charge in [-0.25, -0.2) is 9.98 Å². The van der Waals surface area contributed by atoms with Crippen LogP contribution in [-0.4, -0.2) is 34.8 Å². The molecular weight excluding hydrogens is 331 g/mol. The standard InChI is InChI=1S/C11H15IN4O/c1-7-5-8(2)16(4)10(15-7)9(14-6-12)11(17)13-3/h5-6H,1-4H3,(H,13,17)/b10-9+,14-6?. The van der Waals surface area contributed by atoms with Gasteiger partial charge in [-0.2, -0.15) is 0 Å². The Morgan fingerprint density at radius 2 is 2.24 bits per heavy atom. The van der Waals surface area contributed by atoms with Gasteiger partial charge in [0.25, 0.3) is 5.91 Å². The number of hydrogen-bond acceptors (Lipinski definition) is 4. The minimum atomic E-state index is -0.244. The van der Waals surface area contributed by atoms with Gasteiger partial charge in [0.1, 0.15) is 0 Å². The lowest BCUT2D eigenvalue weighted by molar-refractivity contribution is -0.117. The van der Waals surface area contributed by atoms with E-state index in [0.717, 1.165) is 11.4 Å². The van der Waals surface area contributed by atoms with Gasteiger partial charge in [0.2, 0.25) is 0 Å². The van der Waals surface area contributed by atoms with Crippen LogP contribution in [0.2, 0.25) is 0 Å². The van der Waals surface area contributed by atoms with Crippen molar-refractivity contribution in [1.82, 2.24) is 10.2 Å². The fourth-order valence-electron chi connectivity index (χ4n) is 1.44. The van der Waals surface area contributed by atoms with E-state index in [1.165, 1.54) is 0 Å². The predicted molar refractivity (Wildman–Crippen MR) is 78.2 cm³/mol. The molecule has 1 aliphatic rings. The van der Waals surface area contributed by atoms with E-state index in [9.17, 15) is 4.79 Å². The van der Waals surface area contributed by atoms with E-state index in [1.54, 1.807) is 11.3 Å². The van der Waals surface area contributed by atoms with Crippen LogP contribution in [0.1, 0.15) is 13.8 Å². The maximum Gasteiger partial charge on any atom is 0.273 e. The quantitative estimate of drug-likeness (QED) is 0.470. The second-order valence-electron chi connectivity index (χ2n) is 3.58. The molecule has 92 valence electrons. The molecule has 0 aromatic heterocycles. The Morgan fingerprint density at radius 3 is 2.76 bits per heavy atom. The third-order valence-electron chi connectivity index (χ3n) is 2.38. The molecule has 0 atom stereocenters. The molecule has 0 fully saturated rings. The SMILES string of the molecule is CNC(=O)/C(N=CI)=C1/N=C(C)C=C(C)N1C. The zero-order valence-electron chi connectivity index (χ0n) is 10.3. The molecule has 6 heteroatoms. The fourth-order valence-corrected chi connectivity index (χ4v) is 1.72. The van der Waals surface area contributed by atoms with E-state index in [2.05, 4.69) is 15.3 Å². The van der Waals surface area contributed by atoms with E-state index >= 15 is 0 Å². The van der Waals surface area contributed by atoms with E-state index in [4.69, 9.17) is 0 Å². The van der Waals surface area contributed by atoms with Crippen molar-refractivity contribution < 1.29 is 4.79 Å². The zero-order chi connectivity index (χ0) is 13.0. The number of halogens is 1. The number of aliphatic imine (C=N–C) groups is 2. The molecule has 1 aliphatic heterocycles. The topological polar surface area (TPSA) is 57.1 Å². The normalized spacial score (nSPS) is 19.0. The van der Waals surface area contributed by atoms with E-state index in [1.807, 2.05) is 54.5 Å². The van der Waals surface area contributed by atoms with Crippen LogP contribution in [0.25, 0.3) is 0 Å². The lowest BCUT2D eigenvalue weighted by Gasteiger charge is -2.25. The van der Waals surface area contributed by atoms with Gasteiger partial charge in [0.05, 0.1) is 4.22 Å². The van der Waals surface area contributed by atoms with Crippen LogP contribution in [0.5, 0.6) is 0 Å². The average Bonchev–Trinajstić information content (AvgIpc) is 2.30. The first kappa shape index (κ1) is 13.9. The van der Waals surface area contributed by atoms with Crippen molar-refractivity contribution in [3.05, 3.63) is 23.3 Å². The average molecular weight is 346 g/mol. The summed E-state index contributed by atoms with van der Waals surface area (Å²) in [7, 11) is 3.44. The molecular formula is C11H15IN4O. The second kappa shape index (κ2) is 5.95. The summed E-state index contributed by atoms with van der Waals surface area (Å²) in [4.78, 5) is 22.1. The maximum atomic E-state index is 11.8. The highest BCUT2D eigenvalue weighted by atomic mass is 127. The van der Waals surface area contributed by atoms with Gasteiger partial charge in [-0.15, -0.1) is 0 Å². The summed E-state index contributed by atoms with van der Waals surface area (Å²) in [6.07, 6.45) is 1.96. The summed E-state index contributed by atoms with van der Waals surface area (Å²) in [5.74, 6) is 0.320. The molecule has 0 aromatic rings. The molecule has 17 heavy (non-hydrogen) atoms. The van der Waals surface area contributed by atoms with Gasteiger partial charge in [-0.3, -0.25) is 4.79 Å². The fraction of sp³-hybridized carbons (Fsp3) is 0.364. The van der Waals surface area contributed by atoms with Crippen molar-refractivity contribution in [2.24, 2.45) is 9.98 Å². The molecule has 1 heterocycles. The van der Waals surface area contributed by atoms with Crippen LogP contribution in [0, 0.1) is 0 Å². The minimum absolute atomic E-state index is 0.244. The third kappa shape index (κ3) is 3.15. The van der Waals surface area contributed by atoms with Gasteiger partial charge < -0.3 is 10.2 Å². The number of nitrogens with zero attached hydrogens (tertiary/aromatic N) is 3. The third-order valence-corrected chi connectivity index (χ3v) is 2.66. The highest BCUT2D eigenvalue weighted by Crippen LogP contribution is 2.21. The maximum absolute atomic E-state index is 11.8. The van der Waals surface area contributed by atoms with Crippen LogP contribution in [0.3, 0.4) is 0 Å². The molecule has 1 amide bonds. The number of allylic oxidation sites excluding steroid dienone is 2. The molecule has 1 N–H and O–H groups in total.